The number of hydrogen-bond acceptors (Lipinski definition) is 6. The van der Waals surface area contributed by atoms with Crippen LogP contribution in [0.1, 0.15) is 60.5 Å². The van der Waals surface area contributed by atoms with E-state index in [1.165, 1.54) is 6.07 Å². The summed E-state index contributed by atoms with van der Waals surface area (Å²) in [4.78, 5) is 22.4. The minimum Gasteiger partial charge on any atom is -0.455 e. The van der Waals surface area contributed by atoms with Crippen LogP contribution in [0.4, 0.5) is 4.39 Å². The van der Waals surface area contributed by atoms with Crippen molar-refractivity contribution in [2.45, 2.75) is 38.6 Å². The number of aromatic amines is 1. The molecule has 4 heterocycles. The summed E-state index contributed by atoms with van der Waals surface area (Å²) >= 11 is 0. The molecule has 1 aromatic carbocycles. The van der Waals surface area contributed by atoms with E-state index in [0.717, 1.165) is 5.69 Å². The standard InChI is InChI=1S/C21H20FN5O3/c1-21(2,3)20-26-25-18(30-20)19(28)27-8-7-13-15(24-10-23-13)16(27)14-9-11-5-4-6-12(22)17(11)29-14/h4-6,9-10,16H,7-8H2,1-3H3,(H,23,24)/t16-/m1/s1. The maximum atomic E-state index is 14.2. The number of fused-ring (bicyclic) bond motifs is 2. The molecule has 30 heavy (non-hydrogen) atoms. The molecule has 0 bridgehead atoms. The van der Waals surface area contributed by atoms with Crippen LogP contribution in [0.15, 0.2) is 39.4 Å². The molecule has 0 unspecified atom stereocenters. The summed E-state index contributed by atoms with van der Waals surface area (Å²) in [5.74, 6) is -0.164. The molecule has 0 aliphatic carbocycles. The first-order chi connectivity index (χ1) is 14.3. The van der Waals surface area contributed by atoms with Gasteiger partial charge in [-0.3, -0.25) is 4.79 Å². The minimum atomic E-state index is -0.635. The quantitative estimate of drug-likeness (QED) is 0.541. The third kappa shape index (κ3) is 2.89. The summed E-state index contributed by atoms with van der Waals surface area (Å²) in [5.41, 5.74) is 1.34. The number of carbonyl (C=O) groups excluding carboxylic acids is 1. The molecule has 1 amide bonds. The summed E-state index contributed by atoms with van der Waals surface area (Å²) < 4.78 is 25.7. The zero-order valence-electron chi connectivity index (χ0n) is 16.8. The monoisotopic (exact) mass is 409 g/mol. The van der Waals surface area contributed by atoms with Gasteiger partial charge < -0.3 is 18.7 Å². The van der Waals surface area contributed by atoms with Gasteiger partial charge in [-0.1, -0.05) is 32.9 Å². The van der Waals surface area contributed by atoms with Gasteiger partial charge in [-0.25, -0.2) is 9.37 Å². The Morgan fingerprint density at radius 2 is 2.10 bits per heavy atom. The van der Waals surface area contributed by atoms with Crippen molar-refractivity contribution in [1.29, 1.82) is 0 Å². The van der Waals surface area contributed by atoms with Gasteiger partial charge in [0, 0.05) is 29.5 Å². The van der Waals surface area contributed by atoms with E-state index in [1.807, 2.05) is 20.8 Å². The van der Waals surface area contributed by atoms with E-state index in [9.17, 15) is 9.18 Å². The second kappa shape index (κ2) is 6.51. The van der Waals surface area contributed by atoms with Crippen molar-refractivity contribution in [3.63, 3.8) is 0 Å². The lowest BCUT2D eigenvalue weighted by molar-refractivity contribution is 0.0628. The molecular weight excluding hydrogens is 389 g/mol. The van der Waals surface area contributed by atoms with Gasteiger partial charge in [0.25, 0.3) is 0 Å². The van der Waals surface area contributed by atoms with E-state index < -0.39 is 17.8 Å². The van der Waals surface area contributed by atoms with Crippen molar-refractivity contribution < 1.29 is 18.0 Å². The maximum Gasteiger partial charge on any atom is 0.312 e. The van der Waals surface area contributed by atoms with Gasteiger partial charge in [-0.05, 0) is 12.1 Å². The molecular formula is C21H20FN5O3. The molecule has 4 aromatic rings. The van der Waals surface area contributed by atoms with Crippen LogP contribution in [0.25, 0.3) is 11.0 Å². The molecule has 1 aliphatic heterocycles. The van der Waals surface area contributed by atoms with E-state index in [1.54, 1.807) is 29.4 Å². The van der Waals surface area contributed by atoms with Crippen LogP contribution < -0.4 is 0 Å². The van der Waals surface area contributed by atoms with Crippen LogP contribution in [-0.4, -0.2) is 37.5 Å². The number of rotatable bonds is 2. The molecule has 1 atom stereocenters. The molecule has 1 aliphatic rings. The van der Waals surface area contributed by atoms with Gasteiger partial charge in [0.05, 0.1) is 12.0 Å². The molecule has 0 radical (unpaired) electrons. The number of imidazole rings is 1. The Morgan fingerprint density at radius 1 is 1.27 bits per heavy atom. The van der Waals surface area contributed by atoms with E-state index in [4.69, 9.17) is 8.83 Å². The molecule has 0 saturated heterocycles. The SMILES string of the molecule is CC(C)(C)c1nnc(C(=O)N2CCc3[nH]cnc3[C@H]2c2cc3cccc(F)c3o2)o1. The first kappa shape index (κ1) is 18.5. The fraction of sp³-hybridized carbons (Fsp3) is 0.333. The third-order valence-corrected chi connectivity index (χ3v) is 5.22. The predicted molar refractivity (Wildman–Crippen MR) is 104 cm³/mol. The lowest BCUT2D eigenvalue weighted by atomic mass is 9.97. The van der Waals surface area contributed by atoms with Gasteiger partial charge in [-0.15, -0.1) is 10.2 Å². The molecule has 9 heteroatoms. The topological polar surface area (TPSA) is 101 Å². The second-order valence-corrected chi connectivity index (χ2v) is 8.39. The summed E-state index contributed by atoms with van der Waals surface area (Å²) in [6.07, 6.45) is 2.17. The number of benzene rings is 1. The Bertz CT molecular complexity index is 1250. The minimum absolute atomic E-state index is 0.0915. The molecule has 1 N–H and O–H groups in total. The first-order valence-electron chi connectivity index (χ1n) is 9.68. The first-order valence-corrected chi connectivity index (χ1v) is 9.68. The fourth-order valence-electron chi connectivity index (χ4n) is 3.70. The van der Waals surface area contributed by atoms with E-state index in [0.29, 0.717) is 35.7 Å². The van der Waals surface area contributed by atoms with Gasteiger partial charge in [0.15, 0.2) is 11.4 Å². The summed E-state index contributed by atoms with van der Waals surface area (Å²) in [6.45, 7) is 6.18. The number of amides is 1. The van der Waals surface area contributed by atoms with Crippen LogP contribution >= 0.6 is 0 Å². The molecule has 5 rings (SSSR count). The number of nitrogens with zero attached hydrogens (tertiary/aromatic N) is 4. The van der Waals surface area contributed by atoms with E-state index >= 15 is 0 Å². The van der Waals surface area contributed by atoms with Gasteiger partial charge in [-0.2, -0.15) is 0 Å². The highest BCUT2D eigenvalue weighted by molar-refractivity contribution is 5.90. The zero-order valence-corrected chi connectivity index (χ0v) is 16.8. The van der Waals surface area contributed by atoms with Crippen LogP contribution in [0.2, 0.25) is 0 Å². The number of hydrogen-bond donors (Lipinski definition) is 1. The Balaban J connectivity index is 1.59. The van der Waals surface area contributed by atoms with Crippen molar-refractivity contribution in [2.75, 3.05) is 6.54 Å². The number of furan rings is 1. The number of para-hydroxylation sites is 1. The molecule has 8 nitrogen and oxygen atoms in total. The Morgan fingerprint density at radius 3 is 2.83 bits per heavy atom. The summed E-state index contributed by atoms with van der Waals surface area (Å²) in [7, 11) is 0. The molecule has 0 saturated carbocycles. The Labute approximate surface area is 171 Å². The highest BCUT2D eigenvalue weighted by atomic mass is 19.1. The van der Waals surface area contributed by atoms with Gasteiger partial charge in [0.2, 0.25) is 5.89 Å². The van der Waals surface area contributed by atoms with E-state index in [2.05, 4.69) is 20.2 Å². The summed E-state index contributed by atoms with van der Waals surface area (Å²) in [6, 6.07) is 5.82. The molecule has 0 spiro atoms. The normalized spacial score (nSPS) is 16.8. The van der Waals surface area contributed by atoms with Crippen molar-refractivity contribution in [3.8, 4) is 0 Å². The average molecular weight is 409 g/mol. The number of aromatic nitrogens is 4. The number of nitrogens with one attached hydrogen (secondary N) is 1. The molecule has 3 aromatic heterocycles. The van der Waals surface area contributed by atoms with Gasteiger partial charge in [0.1, 0.15) is 11.8 Å². The van der Waals surface area contributed by atoms with Gasteiger partial charge >= 0.3 is 11.8 Å². The number of H-pyrrole nitrogens is 1. The van der Waals surface area contributed by atoms with Crippen molar-refractivity contribution in [3.05, 3.63) is 65.3 Å². The van der Waals surface area contributed by atoms with Crippen molar-refractivity contribution in [1.82, 2.24) is 25.1 Å². The number of carbonyl (C=O) groups is 1. The molecule has 154 valence electrons. The smallest absolute Gasteiger partial charge is 0.312 e. The Hall–Kier alpha value is -3.49. The average Bonchev–Trinajstić information content (AvgIpc) is 3.44. The maximum absolute atomic E-state index is 14.2. The predicted octanol–water partition coefficient (Wildman–Crippen LogP) is 3.76. The van der Waals surface area contributed by atoms with Crippen LogP contribution in [-0.2, 0) is 11.8 Å². The van der Waals surface area contributed by atoms with E-state index in [-0.39, 0.29) is 16.9 Å². The fourth-order valence-corrected chi connectivity index (χ4v) is 3.70. The van der Waals surface area contributed by atoms with Crippen LogP contribution in [0, 0.1) is 5.82 Å². The summed E-state index contributed by atoms with van der Waals surface area (Å²) in [5, 5.41) is 8.60. The Kier molecular flexibility index (Phi) is 4.02. The highest BCUT2D eigenvalue weighted by Crippen LogP contribution is 2.37. The highest BCUT2D eigenvalue weighted by Gasteiger charge is 2.39. The molecule has 0 fully saturated rings. The van der Waals surface area contributed by atoms with Crippen LogP contribution in [0.3, 0.4) is 0 Å². The zero-order chi connectivity index (χ0) is 21.0. The largest absolute Gasteiger partial charge is 0.455 e. The lowest BCUT2D eigenvalue weighted by Gasteiger charge is -2.32. The third-order valence-electron chi connectivity index (χ3n) is 5.22. The van der Waals surface area contributed by atoms with Crippen LogP contribution in [0.5, 0.6) is 0 Å². The lowest BCUT2D eigenvalue weighted by Crippen LogP contribution is -2.40. The van der Waals surface area contributed by atoms with Crippen molar-refractivity contribution in [2.24, 2.45) is 0 Å². The second-order valence-electron chi connectivity index (χ2n) is 8.39. The number of halogens is 1. The van der Waals surface area contributed by atoms with Crippen molar-refractivity contribution >= 4 is 16.9 Å².